The zero-order valence-corrected chi connectivity index (χ0v) is 17.0. The first-order valence-electron chi connectivity index (χ1n) is 9.96. The van der Waals surface area contributed by atoms with E-state index in [0.717, 1.165) is 34.3 Å². The predicted octanol–water partition coefficient (Wildman–Crippen LogP) is 4.46. The molecular formula is C20H30BrN3O. The van der Waals surface area contributed by atoms with Crippen LogP contribution in [-0.4, -0.2) is 21.7 Å². The number of carbonyl (C=O) groups is 1. The molecule has 0 aliphatic heterocycles. The summed E-state index contributed by atoms with van der Waals surface area (Å²) in [5.74, 6) is 2.98. The Hall–Kier alpha value is -0.840. The lowest BCUT2D eigenvalue weighted by molar-refractivity contribution is -0.126. The minimum Gasteiger partial charge on any atom is -0.353 e. The highest BCUT2D eigenvalue weighted by Gasteiger charge is 2.53. The van der Waals surface area contributed by atoms with Gasteiger partial charge in [0.1, 0.15) is 0 Å². The molecule has 1 aromatic rings. The smallest absolute Gasteiger partial charge is 0.222 e. The van der Waals surface area contributed by atoms with Crippen LogP contribution < -0.4 is 5.32 Å². The zero-order valence-electron chi connectivity index (χ0n) is 15.4. The van der Waals surface area contributed by atoms with E-state index in [2.05, 4.69) is 33.3 Å². The third kappa shape index (κ3) is 3.41. The van der Waals surface area contributed by atoms with Crippen LogP contribution in [0.1, 0.15) is 64.0 Å². The fourth-order valence-electron chi connectivity index (χ4n) is 6.38. The summed E-state index contributed by atoms with van der Waals surface area (Å²) in [5.41, 5.74) is 1.37. The van der Waals surface area contributed by atoms with Crippen LogP contribution in [0.3, 0.4) is 0 Å². The summed E-state index contributed by atoms with van der Waals surface area (Å²) >= 11 is 3.48. The molecular weight excluding hydrogens is 378 g/mol. The Bertz CT molecular complexity index is 599. The number of halogens is 1. The van der Waals surface area contributed by atoms with Gasteiger partial charge in [0.2, 0.25) is 5.91 Å². The second-order valence-electron chi connectivity index (χ2n) is 8.88. The number of amides is 1. The molecule has 4 bridgehead atoms. The Balaban J connectivity index is 1.37. The quantitative estimate of drug-likeness (QED) is 0.756. The topological polar surface area (TPSA) is 46.9 Å². The van der Waals surface area contributed by atoms with Crippen molar-refractivity contribution in [1.82, 2.24) is 15.1 Å². The second-order valence-corrected chi connectivity index (χ2v) is 9.74. The van der Waals surface area contributed by atoms with Crippen molar-refractivity contribution in [3.63, 3.8) is 0 Å². The van der Waals surface area contributed by atoms with E-state index >= 15 is 0 Å². The van der Waals surface area contributed by atoms with Gasteiger partial charge >= 0.3 is 0 Å². The van der Waals surface area contributed by atoms with Gasteiger partial charge in [-0.3, -0.25) is 9.48 Å². The highest BCUT2D eigenvalue weighted by atomic mass is 79.9. The number of rotatable bonds is 6. The molecule has 1 heterocycles. The van der Waals surface area contributed by atoms with E-state index in [1.807, 2.05) is 17.8 Å². The number of hydrogen-bond acceptors (Lipinski definition) is 2. The summed E-state index contributed by atoms with van der Waals surface area (Å²) < 4.78 is 2.87. The molecule has 1 N–H and O–H groups in total. The van der Waals surface area contributed by atoms with Gasteiger partial charge in [-0.2, -0.15) is 5.10 Å². The normalized spacial score (nSPS) is 34.3. The van der Waals surface area contributed by atoms with Crippen molar-refractivity contribution in [3.8, 4) is 0 Å². The number of hydrogen-bond donors (Lipinski definition) is 1. The monoisotopic (exact) mass is 407 g/mol. The summed E-state index contributed by atoms with van der Waals surface area (Å²) in [4.78, 5) is 12.6. The number of aryl methyl sites for hydroxylation is 2. The number of nitrogens with one attached hydrogen (secondary N) is 1. The van der Waals surface area contributed by atoms with Crippen molar-refractivity contribution in [3.05, 3.63) is 16.4 Å². The van der Waals surface area contributed by atoms with E-state index in [9.17, 15) is 4.79 Å². The highest BCUT2D eigenvalue weighted by Crippen LogP contribution is 2.61. The fourth-order valence-corrected chi connectivity index (χ4v) is 6.70. The van der Waals surface area contributed by atoms with E-state index in [1.54, 1.807) is 0 Å². The van der Waals surface area contributed by atoms with Gasteiger partial charge in [-0.05, 0) is 91.0 Å². The standard InChI is InChI=1S/C20H30BrN3O/c1-3-18(20-9-14-6-15(10-20)8-16(7-14)11-20)22-19(25)4-5-24-12-17(21)13(2)23-24/h12,14-16,18H,3-11H2,1-2H3,(H,22,25)/t14?,15?,16?,18-,20?/m1/s1. The van der Waals surface area contributed by atoms with Gasteiger partial charge in [0.15, 0.2) is 0 Å². The highest BCUT2D eigenvalue weighted by molar-refractivity contribution is 9.10. The van der Waals surface area contributed by atoms with Crippen LogP contribution >= 0.6 is 15.9 Å². The summed E-state index contributed by atoms with van der Waals surface area (Å²) in [6.07, 6.45) is 11.9. The molecule has 138 valence electrons. The van der Waals surface area contributed by atoms with Crippen LogP contribution in [-0.2, 0) is 11.3 Å². The molecule has 4 nitrogen and oxygen atoms in total. The lowest BCUT2D eigenvalue weighted by Crippen LogP contribution is -2.56. The zero-order chi connectivity index (χ0) is 17.6. The maximum absolute atomic E-state index is 12.6. The van der Waals surface area contributed by atoms with Crippen molar-refractivity contribution in [1.29, 1.82) is 0 Å². The molecule has 0 unspecified atom stereocenters. The van der Waals surface area contributed by atoms with Crippen LogP contribution in [0.15, 0.2) is 10.7 Å². The van der Waals surface area contributed by atoms with Crippen LogP contribution in [0.4, 0.5) is 0 Å². The van der Waals surface area contributed by atoms with Crippen molar-refractivity contribution in [2.45, 2.75) is 77.8 Å². The summed E-state index contributed by atoms with van der Waals surface area (Å²) in [6.45, 7) is 4.87. The summed E-state index contributed by atoms with van der Waals surface area (Å²) in [7, 11) is 0. The van der Waals surface area contributed by atoms with Crippen molar-refractivity contribution >= 4 is 21.8 Å². The third-order valence-corrected chi connectivity index (χ3v) is 7.80. The Labute approximate surface area is 159 Å². The minimum absolute atomic E-state index is 0.187. The molecule has 0 spiro atoms. The second kappa shape index (κ2) is 6.71. The first kappa shape index (κ1) is 17.6. The molecule has 1 aromatic heterocycles. The maximum Gasteiger partial charge on any atom is 0.222 e. The van der Waals surface area contributed by atoms with Crippen molar-refractivity contribution in [2.75, 3.05) is 0 Å². The molecule has 0 saturated heterocycles. The molecule has 0 aromatic carbocycles. The molecule has 1 amide bonds. The molecule has 4 saturated carbocycles. The Morgan fingerprint density at radius 1 is 1.32 bits per heavy atom. The van der Waals surface area contributed by atoms with Crippen molar-refractivity contribution in [2.24, 2.45) is 23.2 Å². The maximum atomic E-state index is 12.6. The molecule has 5 rings (SSSR count). The SMILES string of the molecule is CC[C@@H](NC(=O)CCn1cc(Br)c(C)n1)C12CC3CC(CC(C3)C1)C2. The fraction of sp³-hybridized carbons (Fsp3) is 0.800. The molecule has 25 heavy (non-hydrogen) atoms. The van der Waals surface area contributed by atoms with Gasteiger partial charge in [0, 0.05) is 25.2 Å². The number of carbonyl (C=O) groups excluding carboxylic acids is 1. The summed E-state index contributed by atoms with van der Waals surface area (Å²) in [5, 5.41) is 7.85. The summed E-state index contributed by atoms with van der Waals surface area (Å²) in [6, 6.07) is 0.361. The van der Waals surface area contributed by atoms with E-state index < -0.39 is 0 Å². The average molecular weight is 408 g/mol. The van der Waals surface area contributed by atoms with Crippen LogP contribution in [0.5, 0.6) is 0 Å². The Morgan fingerprint density at radius 3 is 2.40 bits per heavy atom. The lowest BCUT2D eigenvalue weighted by atomic mass is 9.47. The van der Waals surface area contributed by atoms with Gasteiger partial charge in [-0.1, -0.05) is 6.92 Å². The number of aromatic nitrogens is 2. The van der Waals surface area contributed by atoms with Gasteiger partial charge in [-0.15, -0.1) is 0 Å². The van der Waals surface area contributed by atoms with Crippen LogP contribution in [0, 0.1) is 30.1 Å². The van der Waals surface area contributed by atoms with Gasteiger partial charge < -0.3 is 5.32 Å². The molecule has 4 aliphatic carbocycles. The third-order valence-electron chi connectivity index (χ3n) is 7.02. The van der Waals surface area contributed by atoms with Gasteiger partial charge in [0.05, 0.1) is 10.2 Å². The lowest BCUT2D eigenvalue weighted by Gasteiger charge is -2.59. The Morgan fingerprint density at radius 2 is 1.92 bits per heavy atom. The molecule has 5 heteroatoms. The number of nitrogens with zero attached hydrogens (tertiary/aromatic N) is 2. The van der Waals surface area contributed by atoms with Gasteiger partial charge in [0.25, 0.3) is 0 Å². The first-order valence-corrected chi connectivity index (χ1v) is 10.8. The molecule has 0 radical (unpaired) electrons. The van der Waals surface area contributed by atoms with E-state index in [-0.39, 0.29) is 5.91 Å². The minimum atomic E-state index is 0.187. The Kier molecular flexibility index (Phi) is 4.72. The molecule has 4 aliphatic rings. The predicted molar refractivity (Wildman–Crippen MR) is 102 cm³/mol. The first-order chi connectivity index (χ1) is 12.0. The van der Waals surface area contributed by atoms with Crippen LogP contribution in [0.25, 0.3) is 0 Å². The van der Waals surface area contributed by atoms with E-state index in [0.29, 0.717) is 24.4 Å². The average Bonchev–Trinajstić information content (AvgIpc) is 2.87. The molecule has 1 atom stereocenters. The van der Waals surface area contributed by atoms with Crippen molar-refractivity contribution < 1.29 is 4.79 Å². The van der Waals surface area contributed by atoms with E-state index in [1.165, 1.54) is 38.5 Å². The largest absolute Gasteiger partial charge is 0.353 e. The van der Waals surface area contributed by atoms with E-state index in [4.69, 9.17) is 0 Å². The molecule has 4 fully saturated rings. The van der Waals surface area contributed by atoms with Crippen LogP contribution in [0.2, 0.25) is 0 Å². The van der Waals surface area contributed by atoms with Gasteiger partial charge in [-0.25, -0.2) is 0 Å².